The summed E-state index contributed by atoms with van der Waals surface area (Å²) in [4.78, 5) is 7.27. The first-order chi connectivity index (χ1) is 19.8. The Bertz CT molecular complexity index is 1940. The van der Waals surface area contributed by atoms with Crippen LogP contribution in [0.1, 0.15) is 24.2 Å². The Morgan fingerprint density at radius 1 is 0.700 bits per heavy atom. The molecule has 192 valence electrons. The highest BCUT2D eigenvalue weighted by atomic mass is 16.3. The predicted molar refractivity (Wildman–Crippen MR) is 165 cm³/mol. The van der Waals surface area contributed by atoms with Crippen molar-refractivity contribution in [3.8, 4) is 5.69 Å². The number of aromatic nitrogens is 2. The average Bonchev–Trinajstić information content (AvgIpc) is 3.55. The van der Waals surface area contributed by atoms with Crippen LogP contribution in [0.3, 0.4) is 0 Å². The zero-order valence-corrected chi connectivity index (χ0v) is 22.1. The van der Waals surface area contributed by atoms with Gasteiger partial charge in [-0.15, -0.1) is 0 Å². The van der Waals surface area contributed by atoms with E-state index >= 15 is 0 Å². The van der Waals surface area contributed by atoms with Crippen LogP contribution in [0.25, 0.3) is 44.7 Å². The van der Waals surface area contributed by atoms with E-state index in [1.54, 1.807) is 0 Å². The topological polar surface area (TPSA) is 34.2 Å². The van der Waals surface area contributed by atoms with Gasteiger partial charge in [0.15, 0.2) is 0 Å². The third kappa shape index (κ3) is 3.43. The van der Waals surface area contributed by atoms with Gasteiger partial charge in [-0.1, -0.05) is 85.8 Å². The molecule has 2 unspecified atom stereocenters. The summed E-state index contributed by atoms with van der Waals surface area (Å²) in [6.07, 6.45) is 6.33. The maximum absolute atomic E-state index is 6.32. The molecule has 1 aliphatic carbocycles. The van der Waals surface area contributed by atoms with E-state index < -0.39 is 0 Å². The second-order valence-electron chi connectivity index (χ2n) is 10.5. The van der Waals surface area contributed by atoms with Gasteiger partial charge in [-0.3, -0.25) is 0 Å². The zero-order valence-electron chi connectivity index (χ0n) is 22.1. The number of benzene rings is 4. The molecule has 0 saturated heterocycles. The van der Waals surface area contributed by atoms with Crippen LogP contribution in [0.2, 0.25) is 0 Å². The Morgan fingerprint density at radius 2 is 1.27 bits per heavy atom. The van der Waals surface area contributed by atoms with Crippen molar-refractivity contribution in [2.24, 2.45) is 0 Å². The highest BCUT2D eigenvalue weighted by Crippen LogP contribution is 2.43. The Morgan fingerprint density at radius 3 is 1.90 bits per heavy atom. The van der Waals surface area contributed by atoms with Crippen molar-refractivity contribution in [1.82, 2.24) is 9.55 Å². The van der Waals surface area contributed by atoms with E-state index in [-0.39, 0.29) is 12.0 Å². The molecular weight excluding hydrogens is 490 g/mol. The van der Waals surface area contributed by atoms with Crippen LogP contribution in [0, 0.1) is 0 Å². The molecule has 0 saturated carbocycles. The number of hydrogen-bond acceptors (Lipinski definition) is 3. The molecule has 40 heavy (non-hydrogen) atoms. The summed E-state index contributed by atoms with van der Waals surface area (Å²) in [7, 11) is 0. The molecule has 0 fully saturated rings. The number of rotatable bonds is 4. The Hall–Kier alpha value is -5.09. The van der Waals surface area contributed by atoms with Gasteiger partial charge in [-0.25, -0.2) is 4.98 Å². The summed E-state index contributed by atoms with van der Waals surface area (Å²) in [6, 6.07) is 40.8. The molecule has 0 aliphatic heterocycles. The molecular formula is C36H27N3O. The zero-order chi connectivity index (χ0) is 26.6. The smallest absolute Gasteiger partial charge is 0.227 e. The Balaban J connectivity index is 1.30. The first-order valence-corrected chi connectivity index (χ1v) is 13.8. The fraction of sp³-hybridized carbons (Fsp3) is 0.0833. The molecule has 0 bridgehead atoms. The van der Waals surface area contributed by atoms with Gasteiger partial charge < -0.3 is 13.9 Å². The maximum atomic E-state index is 6.32. The third-order valence-electron chi connectivity index (χ3n) is 8.22. The van der Waals surface area contributed by atoms with Gasteiger partial charge in [0, 0.05) is 39.0 Å². The van der Waals surface area contributed by atoms with Crippen LogP contribution in [0.15, 0.2) is 132 Å². The summed E-state index contributed by atoms with van der Waals surface area (Å²) in [5, 5.41) is 3.55. The summed E-state index contributed by atoms with van der Waals surface area (Å²) >= 11 is 0. The maximum Gasteiger partial charge on any atom is 0.227 e. The van der Waals surface area contributed by atoms with Crippen LogP contribution >= 0.6 is 0 Å². The summed E-state index contributed by atoms with van der Waals surface area (Å²) in [5.74, 6) is 1.06. The normalized spacial score (nSPS) is 16.5. The van der Waals surface area contributed by atoms with Gasteiger partial charge in [-0.05, 0) is 48.5 Å². The predicted octanol–water partition coefficient (Wildman–Crippen LogP) is 9.26. The number of hydrogen-bond donors (Lipinski definition) is 0. The second-order valence-corrected chi connectivity index (χ2v) is 10.5. The average molecular weight is 518 g/mol. The number of nitrogens with zero attached hydrogens (tertiary/aromatic N) is 3. The van der Waals surface area contributed by atoms with Crippen molar-refractivity contribution in [2.45, 2.75) is 18.9 Å². The van der Waals surface area contributed by atoms with Crippen molar-refractivity contribution in [1.29, 1.82) is 0 Å². The number of anilines is 2. The quantitative estimate of drug-likeness (QED) is 0.233. The van der Waals surface area contributed by atoms with Crippen molar-refractivity contribution in [3.63, 3.8) is 0 Å². The minimum atomic E-state index is 0.106. The summed E-state index contributed by atoms with van der Waals surface area (Å²) in [5.41, 5.74) is 7.59. The minimum absolute atomic E-state index is 0.106. The lowest BCUT2D eigenvalue weighted by atomic mass is 9.85. The van der Waals surface area contributed by atoms with E-state index in [0.29, 0.717) is 5.71 Å². The highest BCUT2D eigenvalue weighted by molar-refractivity contribution is 6.09. The highest BCUT2D eigenvalue weighted by Gasteiger charge is 2.33. The molecule has 1 aliphatic rings. The van der Waals surface area contributed by atoms with Crippen LogP contribution in [-0.4, -0.2) is 15.6 Å². The lowest BCUT2D eigenvalue weighted by Gasteiger charge is -2.37. The van der Waals surface area contributed by atoms with E-state index in [2.05, 4.69) is 144 Å². The largest absolute Gasteiger partial charge is 0.438 e. The van der Waals surface area contributed by atoms with Crippen molar-refractivity contribution in [2.75, 3.05) is 4.90 Å². The molecule has 0 spiro atoms. The first-order valence-electron chi connectivity index (χ1n) is 13.8. The van der Waals surface area contributed by atoms with Gasteiger partial charge in [0.25, 0.3) is 0 Å². The lowest BCUT2D eigenvalue weighted by Crippen LogP contribution is -2.35. The molecule has 3 heterocycles. The monoisotopic (exact) mass is 517 g/mol. The fourth-order valence-corrected chi connectivity index (χ4v) is 6.43. The molecule has 0 radical (unpaired) electrons. The van der Waals surface area contributed by atoms with E-state index in [4.69, 9.17) is 9.40 Å². The van der Waals surface area contributed by atoms with Gasteiger partial charge in [-0.2, -0.15) is 0 Å². The standard InChI is InChI=1S/C36H27N3O/c1-24-31(38(25-12-4-2-5-13-25)26-14-6-3-7-15-26)20-21-34-35(24)30-22-27(23-37-36(30)40-34)39-32-18-10-8-16-28(32)29-17-9-11-19-33(29)39/h2-24,31H,1H3. The molecule has 0 amide bonds. The van der Waals surface area contributed by atoms with Gasteiger partial charge in [0.1, 0.15) is 5.76 Å². The number of furan rings is 1. The minimum Gasteiger partial charge on any atom is -0.438 e. The summed E-state index contributed by atoms with van der Waals surface area (Å²) < 4.78 is 8.64. The van der Waals surface area contributed by atoms with Crippen LogP contribution in [0.5, 0.6) is 0 Å². The van der Waals surface area contributed by atoms with Crippen LogP contribution in [-0.2, 0) is 0 Å². The third-order valence-corrected chi connectivity index (χ3v) is 8.22. The van der Waals surface area contributed by atoms with Crippen molar-refractivity contribution >= 4 is 50.4 Å². The van der Waals surface area contributed by atoms with Gasteiger partial charge in [0.2, 0.25) is 5.71 Å². The number of pyridine rings is 1. The lowest BCUT2D eigenvalue weighted by molar-refractivity contribution is 0.561. The van der Waals surface area contributed by atoms with Crippen molar-refractivity contribution < 1.29 is 4.42 Å². The first kappa shape index (κ1) is 22.9. The molecule has 2 atom stereocenters. The van der Waals surface area contributed by atoms with Crippen LogP contribution in [0.4, 0.5) is 11.4 Å². The molecule has 0 N–H and O–H groups in total. The van der Waals surface area contributed by atoms with E-state index in [1.807, 2.05) is 6.20 Å². The SMILES string of the molecule is CC1c2c(oc3ncc(-n4c5ccccc5c5ccccc54)cc23)C=CC1N(c1ccccc1)c1ccccc1. The molecule has 4 nitrogen and oxygen atoms in total. The molecule has 4 heteroatoms. The van der Waals surface area contributed by atoms with Gasteiger partial charge >= 0.3 is 0 Å². The summed E-state index contributed by atoms with van der Waals surface area (Å²) in [6.45, 7) is 2.30. The van der Waals surface area contributed by atoms with Gasteiger partial charge in [0.05, 0.1) is 29.0 Å². The van der Waals surface area contributed by atoms with E-state index in [1.165, 1.54) is 27.4 Å². The van der Waals surface area contributed by atoms with Crippen molar-refractivity contribution in [3.05, 3.63) is 139 Å². The second kappa shape index (κ2) is 8.99. The molecule has 4 aromatic carbocycles. The van der Waals surface area contributed by atoms with Crippen LogP contribution < -0.4 is 4.90 Å². The van der Waals surface area contributed by atoms with E-state index in [9.17, 15) is 0 Å². The number of fused-ring (bicyclic) bond motifs is 6. The fourth-order valence-electron chi connectivity index (χ4n) is 6.43. The Kier molecular flexibility index (Phi) is 5.14. The number of para-hydroxylation sites is 4. The molecule has 8 rings (SSSR count). The Labute approximate surface area is 232 Å². The van der Waals surface area contributed by atoms with E-state index in [0.717, 1.165) is 28.2 Å². The molecule has 3 aromatic heterocycles. The molecule has 7 aromatic rings.